The first kappa shape index (κ1) is 26.2. The largest absolute Gasteiger partial charge is 0.484 e. The molecule has 0 saturated heterocycles. The Hall–Kier alpha value is -3.83. The van der Waals surface area contributed by atoms with Crippen LogP contribution >= 0.6 is 23.4 Å². The maximum absolute atomic E-state index is 13.3. The molecule has 0 fully saturated rings. The molecule has 1 amide bonds. The molecule has 2 heterocycles. The number of thioether (sulfide) groups is 1. The molecule has 4 aromatic rings. The van der Waals surface area contributed by atoms with Gasteiger partial charge in [-0.1, -0.05) is 47.6 Å². The molecule has 37 heavy (non-hydrogen) atoms. The summed E-state index contributed by atoms with van der Waals surface area (Å²) in [7, 11) is 1.76. The van der Waals surface area contributed by atoms with Crippen LogP contribution in [0.25, 0.3) is 5.69 Å². The van der Waals surface area contributed by atoms with Gasteiger partial charge in [0.15, 0.2) is 11.0 Å². The minimum Gasteiger partial charge on any atom is -0.484 e. The zero-order valence-corrected chi connectivity index (χ0v) is 21.7. The van der Waals surface area contributed by atoms with Gasteiger partial charge in [-0.15, -0.1) is 16.8 Å². The predicted molar refractivity (Wildman–Crippen MR) is 141 cm³/mol. The van der Waals surface area contributed by atoms with E-state index in [-0.39, 0.29) is 34.5 Å². The van der Waals surface area contributed by atoms with E-state index in [9.17, 15) is 14.0 Å². The Kier molecular flexibility index (Phi) is 8.14. The summed E-state index contributed by atoms with van der Waals surface area (Å²) in [5, 5.41) is 11.7. The molecule has 0 aliphatic heterocycles. The zero-order chi connectivity index (χ0) is 26.5. The number of benzene rings is 2. The second kappa shape index (κ2) is 11.5. The molecule has 0 radical (unpaired) electrons. The van der Waals surface area contributed by atoms with Gasteiger partial charge < -0.3 is 10.1 Å². The van der Waals surface area contributed by atoms with E-state index in [0.717, 1.165) is 17.8 Å². The van der Waals surface area contributed by atoms with Crippen molar-refractivity contribution in [3.05, 3.63) is 93.9 Å². The second-order valence-corrected chi connectivity index (χ2v) is 9.28. The number of carbonyl (C=O) groups is 1. The fourth-order valence-corrected chi connectivity index (χ4v) is 4.59. The standard InChI is InChI=1S/C25H24ClFN6O3S/c1-4-12-32-21(14-36-20-11-10-17(27)13-19(20)26)29-30-25(32)37-15-22(34)28-23-16(2)31(3)33(24(23)35)18-8-6-5-7-9-18/h4-11,13H,1,12,14-15H2,2-3H3,(H,28,34). The highest BCUT2D eigenvalue weighted by molar-refractivity contribution is 7.99. The molecule has 0 aliphatic carbocycles. The Labute approximate surface area is 221 Å². The number of nitrogens with one attached hydrogen (secondary N) is 1. The molecule has 1 N–H and O–H groups in total. The number of ether oxygens (including phenoxy) is 1. The second-order valence-electron chi connectivity index (χ2n) is 7.93. The summed E-state index contributed by atoms with van der Waals surface area (Å²) in [6.07, 6.45) is 1.67. The molecule has 2 aromatic carbocycles. The first-order valence-electron chi connectivity index (χ1n) is 11.2. The van der Waals surface area contributed by atoms with Gasteiger partial charge in [0.05, 0.1) is 22.2 Å². The number of rotatable bonds is 10. The molecular formula is C25H24ClFN6O3S. The summed E-state index contributed by atoms with van der Waals surface area (Å²) in [5.74, 6) is -0.0371. The molecule has 192 valence electrons. The quantitative estimate of drug-likeness (QED) is 0.236. The van der Waals surface area contributed by atoms with Crippen LogP contribution in [0.3, 0.4) is 0 Å². The van der Waals surface area contributed by atoms with Gasteiger partial charge in [-0.2, -0.15) is 0 Å². The van der Waals surface area contributed by atoms with Crippen LogP contribution in [0, 0.1) is 12.7 Å². The topological polar surface area (TPSA) is 96.0 Å². The van der Waals surface area contributed by atoms with Gasteiger partial charge in [-0.3, -0.25) is 18.8 Å². The highest BCUT2D eigenvalue weighted by Gasteiger charge is 2.19. The van der Waals surface area contributed by atoms with E-state index in [4.69, 9.17) is 16.3 Å². The van der Waals surface area contributed by atoms with E-state index in [2.05, 4.69) is 22.1 Å². The van der Waals surface area contributed by atoms with Crippen LogP contribution in [0.2, 0.25) is 5.02 Å². The van der Waals surface area contributed by atoms with Gasteiger partial charge in [0, 0.05) is 13.6 Å². The van der Waals surface area contributed by atoms with Crippen molar-refractivity contribution in [1.29, 1.82) is 0 Å². The van der Waals surface area contributed by atoms with Crippen LogP contribution in [0.1, 0.15) is 11.5 Å². The molecule has 0 unspecified atom stereocenters. The zero-order valence-electron chi connectivity index (χ0n) is 20.1. The van der Waals surface area contributed by atoms with Crippen LogP contribution in [0.5, 0.6) is 5.75 Å². The number of anilines is 1. The van der Waals surface area contributed by atoms with E-state index >= 15 is 0 Å². The maximum Gasteiger partial charge on any atom is 0.295 e. The van der Waals surface area contributed by atoms with Crippen molar-refractivity contribution < 1.29 is 13.9 Å². The molecule has 0 atom stereocenters. The van der Waals surface area contributed by atoms with Gasteiger partial charge in [0.25, 0.3) is 5.56 Å². The average molecular weight is 543 g/mol. The number of nitrogens with zero attached hydrogens (tertiary/aromatic N) is 5. The summed E-state index contributed by atoms with van der Waals surface area (Å²) in [6.45, 7) is 5.94. The number of allylic oxidation sites excluding steroid dienone is 1. The van der Waals surface area contributed by atoms with Crippen LogP contribution in [0.4, 0.5) is 10.1 Å². The van der Waals surface area contributed by atoms with Gasteiger partial charge in [0.1, 0.15) is 23.9 Å². The molecule has 12 heteroatoms. The fourth-order valence-electron chi connectivity index (χ4n) is 3.60. The van der Waals surface area contributed by atoms with Gasteiger partial charge in [-0.05, 0) is 37.3 Å². The number of carbonyl (C=O) groups excluding carboxylic acids is 1. The number of halogens is 2. The van der Waals surface area contributed by atoms with Crippen molar-refractivity contribution in [2.45, 2.75) is 25.2 Å². The average Bonchev–Trinajstić information content (AvgIpc) is 3.36. The number of amides is 1. The van der Waals surface area contributed by atoms with Gasteiger partial charge in [-0.25, -0.2) is 9.07 Å². The van der Waals surface area contributed by atoms with Crippen molar-refractivity contribution in [1.82, 2.24) is 24.1 Å². The van der Waals surface area contributed by atoms with Crippen molar-refractivity contribution in [2.24, 2.45) is 7.05 Å². The van der Waals surface area contributed by atoms with E-state index in [1.54, 1.807) is 29.3 Å². The van der Waals surface area contributed by atoms with E-state index in [1.807, 2.05) is 30.3 Å². The third kappa shape index (κ3) is 5.78. The van der Waals surface area contributed by atoms with Gasteiger partial charge >= 0.3 is 0 Å². The molecule has 0 aliphatic rings. The third-order valence-electron chi connectivity index (χ3n) is 5.51. The monoisotopic (exact) mass is 542 g/mol. The van der Waals surface area contributed by atoms with Crippen molar-refractivity contribution in [3.63, 3.8) is 0 Å². The van der Waals surface area contributed by atoms with Crippen molar-refractivity contribution in [3.8, 4) is 11.4 Å². The lowest BCUT2D eigenvalue weighted by Gasteiger charge is -2.10. The lowest BCUT2D eigenvalue weighted by atomic mass is 10.3. The molecule has 9 nitrogen and oxygen atoms in total. The smallest absolute Gasteiger partial charge is 0.295 e. The third-order valence-corrected chi connectivity index (χ3v) is 6.77. The molecule has 2 aromatic heterocycles. The summed E-state index contributed by atoms with van der Waals surface area (Å²) < 4.78 is 23.9. The maximum atomic E-state index is 13.3. The molecule has 0 bridgehead atoms. The number of hydrogen-bond acceptors (Lipinski definition) is 6. The van der Waals surface area contributed by atoms with Crippen LogP contribution < -0.4 is 15.6 Å². The van der Waals surface area contributed by atoms with Crippen molar-refractivity contribution in [2.75, 3.05) is 11.1 Å². The van der Waals surface area contributed by atoms with Crippen LogP contribution in [-0.4, -0.2) is 35.8 Å². The SMILES string of the molecule is C=CCn1c(COc2ccc(F)cc2Cl)nnc1SCC(=O)Nc1c(C)n(C)n(-c2ccccc2)c1=O. The predicted octanol–water partition coefficient (Wildman–Crippen LogP) is 4.36. The Morgan fingerprint density at radius 3 is 2.70 bits per heavy atom. The Morgan fingerprint density at radius 1 is 1.24 bits per heavy atom. The van der Waals surface area contributed by atoms with E-state index < -0.39 is 5.82 Å². The van der Waals surface area contributed by atoms with Crippen LogP contribution in [-0.2, 0) is 25.0 Å². The van der Waals surface area contributed by atoms with E-state index in [0.29, 0.717) is 34.7 Å². The van der Waals surface area contributed by atoms with Crippen molar-refractivity contribution >= 4 is 35.0 Å². The summed E-state index contributed by atoms with van der Waals surface area (Å²) in [4.78, 5) is 25.8. The lowest BCUT2D eigenvalue weighted by molar-refractivity contribution is -0.113. The normalized spacial score (nSPS) is 10.9. The first-order chi connectivity index (χ1) is 17.8. The molecule has 4 rings (SSSR count). The van der Waals surface area contributed by atoms with Crippen LogP contribution in [0.15, 0.2) is 71.1 Å². The fraction of sp³-hybridized carbons (Fsp3) is 0.200. The Morgan fingerprint density at radius 2 is 2.00 bits per heavy atom. The van der Waals surface area contributed by atoms with Gasteiger partial charge in [0.2, 0.25) is 5.91 Å². The molecular weight excluding hydrogens is 519 g/mol. The minimum atomic E-state index is -0.464. The summed E-state index contributed by atoms with van der Waals surface area (Å²) in [5.41, 5.74) is 1.22. The number of para-hydroxylation sites is 1. The number of hydrogen-bond donors (Lipinski definition) is 1. The molecule has 0 spiro atoms. The number of aromatic nitrogens is 5. The minimum absolute atomic E-state index is 0.000957. The highest BCUT2D eigenvalue weighted by atomic mass is 35.5. The van der Waals surface area contributed by atoms with E-state index in [1.165, 1.54) is 16.8 Å². The Balaban J connectivity index is 1.44. The summed E-state index contributed by atoms with van der Waals surface area (Å²) in [6, 6.07) is 13.0. The highest BCUT2D eigenvalue weighted by Crippen LogP contribution is 2.26. The lowest BCUT2D eigenvalue weighted by Crippen LogP contribution is -2.23. The first-order valence-corrected chi connectivity index (χ1v) is 12.5. The molecule has 0 saturated carbocycles. The Bertz CT molecular complexity index is 1500. The summed E-state index contributed by atoms with van der Waals surface area (Å²) >= 11 is 7.19.